The fourth-order valence-corrected chi connectivity index (χ4v) is 2.17. The zero-order chi connectivity index (χ0) is 15.4. The van der Waals surface area contributed by atoms with E-state index < -0.39 is 5.91 Å². The SMILES string of the molecule is Cc1cc(C)cc(NC(=O)/C(C#N)=C/c2ccn(C)c2)c1. The number of benzene rings is 1. The van der Waals surface area contributed by atoms with Crippen molar-refractivity contribution in [1.82, 2.24) is 4.57 Å². The van der Waals surface area contributed by atoms with E-state index in [1.54, 1.807) is 6.08 Å². The minimum Gasteiger partial charge on any atom is -0.357 e. The maximum atomic E-state index is 12.2. The van der Waals surface area contributed by atoms with Gasteiger partial charge in [0.05, 0.1) is 0 Å². The Labute approximate surface area is 124 Å². The lowest BCUT2D eigenvalue weighted by molar-refractivity contribution is -0.112. The number of amides is 1. The summed E-state index contributed by atoms with van der Waals surface area (Å²) < 4.78 is 1.86. The van der Waals surface area contributed by atoms with Crippen LogP contribution < -0.4 is 5.32 Å². The Morgan fingerprint density at radius 3 is 2.48 bits per heavy atom. The van der Waals surface area contributed by atoms with Crippen molar-refractivity contribution < 1.29 is 4.79 Å². The zero-order valence-corrected chi connectivity index (χ0v) is 12.3. The molecule has 4 nitrogen and oxygen atoms in total. The molecule has 1 amide bonds. The number of nitrogens with one attached hydrogen (secondary N) is 1. The molecule has 0 saturated heterocycles. The number of nitrogens with zero attached hydrogens (tertiary/aromatic N) is 2. The minimum absolute atomic E-state index is 0.0837. The van der Waals surface area contributed by atoms with Crippen LogP contribution in [0.3, 0.4) is 0 Å². The lowest BCUT2D eigenvalue weighted by atomic mass is 10.1. The Morgan fingerprint density at radius 1 is 1.29 bits per heavy atom. The van der Waals surface area contributed by atoms with Crippen LogP contribution in [0.15, 0.2) is 42.2 Å². The van der Waals surface area contributed by atoms with Crippen molar-refractivity contribution in [2.45, 2.75) is 13.8 Å². The largest absolute Gasteiger partial charge is 0.357 e. The number of aromatic nitrogens is 1. The van der Waals surface area contributed by atoms with Crippen LogP contribution >= 0.6 is 0 Å². The number of carbonyl (C=O) groups excluding carboxylic acids is 1. The standard InChI is InChI=1S/C17H17N3O/c1-12-6-13(2)8-16(7-12)19-17(21)15(10-18)9-14-4-5-20(3)11-14/h4-9,11H,1-3H3,(H,19,21)/b15-9+. The third kappa shape index (κ3) is 3.83. The van der Waals surface area contributed by atoms with Gasteiger partial charge in [0.2, 0.25) is 0 Å². The number of nitriles is 1. The topological polar surface area (TPSA) is 57.8 Å². The highest BCUT2D eigenvalue weighted by Crippen LogP contribution is 2.15. The first kappa shape index (κ1) is 14.6. The van der Waals surface area contributed by atoms with Crippen LogP contribution in [0.2, 0.25) is 0 Å². The number of aryl methyl sites for hydroxylation is 3. The van der Waals surface area contributed by atoms with Crippen molar-refractivity contribution >= 4 is 17.7 Å². The molecule has 0 bridgehead atoms. The van der Waals surface area contributed by atoms with Gasteiger partial charge in [-0.1, -0.05) is 6.07 Å². The van der Waals surface area contributed by atoms with E-state index in [2.05, 4.69) is 5.32 Å². The Kier molecular flexibility index (Phi) is 4.24. The molecule has 0 aliphatic rings. The Bertz CT molecular complexity index is 727. The molecule has 0 saturated carbocycles. The average Bonchev–Trinajstić information content (AvgIpc) is 2.80. The van der Waals surface area contributed by atoms with Gasteiger partial charge in [-0.2, -0.15) is 5.26 Å². The first-order valence-corrected chi connectivity index (χ1v) is 6.61. The molecule has 0 fully saturated rings. The molecule has 0 atom stereocenters. The van der Waals surface area contributed by atoms with E-state index in [4.69, 9.17) is 5.26 Å². The molecule has 0 unspecified atom stereocenters. The molecular formula is C17H17N3O. The number of anilines is 1. The molecule has 2 aromatic rings. The highest BCUT2D eigenvalue weighted by Gasteiger charge is 2.10. The van der Waals surface area contributed by atoms with Gasteiger partial charge >= 0.3 is 0 Å². The van der Waals surface area contributed by atoms with Gasteiger partial charge in [-0.3, -0.25) is 4.79 Å². The molecule has 2 rings (SSSR count). The molecule has 0 spiro atoms. The third-order valence-corrected chi connectivity index (χ3v) is 3.01. The van der Waals surface area contributed by atoms with Crippen molar-refractivity contribution in [2.24, 2.45) is 7.05 Å². The molecule has 1 N–H and O–H groups in total. The summed E-state index contributed by atoms with van der Waals surface area (Å²) in [6.07, 6.45) is 5.29. The van der Waals surface area contributed by atoms with E-state index in [1.165, 1.54) is 0 Å². The quantitative estimate of drug-likeness (QED) is 0.693. The fraction of sp³-hybridized carbons (Fsp3) is 0.176. The van der Waals surface area contributed by atoms with Gasteiger partial charge in [0, 0.05) is 25.1 Å². The predicted octanol–water partition coefficient (Wildman–Crippen LogP) is 3.19. The summed E-state index contributed by atoms with van der Waals surface area (Å²) in [5.74, 6) is -0.397. The van der Waals surface area contributed by atoms with Crippen LogP contribution in [-0.2, 0) is 11.8 Å². The van der Waals surface area contributed by atoms with Gasteiger partial charge in [0.25, 0.3) is 5.91 Å². The van der Waals surface area contributed by atoms with Crippen LogP contribution in [0, 0.1) is 25.2 Å². The molecule has 0 aliphatic carbocycles. The average molecular weight is 279 g/mol. The van der Waals surface area contributed by atoms with Gasteiger partial charge in [-0.25, -0.2) is 0 Å². The maximum Gasteiger partial charge on any atom is 0.266 e. The van der Waals surface area contributed by atoms with Crippen LogP contribution in [0.5, 0.6) is 0 Å². The highest BCUT2D eigenvalue weighted by molar-refractivity contribution is 6.09. The molecule has 106 valence electrons. The molecule has 1 aromatic heterocycles. The summed E-state index contributed by atoms with van der Waals surface area (Å²) in [6.45, 7) is 3.93. The van der Waals surface area contributed by atoms with Crippen LogP contribution in [0.4, 0.5) is 5.69 Å². The third-order valence-electron chi connectivity index (χ3n) is 3.01. The number of hydrogen-bond acceptors (Lipinski definition) is 2. The second-order valence-electron chi connectivity index (χ2n) is 5.11. The van der Waals surface area contributed by atoms with Crippen molar-refractivity contribution in [1.29, 1.82) is 5.26 Å². The Hall–Kier alpha value is -2.80. The first-order valence-electron chi connectivity index (χ1n) is 6.61. The maximum absolute atomic E-state index is 12.2. The van der Waals surface area contributed by atoms with E-state index in [-0.39, 0.29) is 5.57 Å². The van der Waals surface area contributed by atoms with E-state index >= 15 is 0 Å². The molecule has 1 aromatic carbocycles. The second-order valence-corrected chi connectivity index (χ2v) is 5.11. The normalized spacial score (nSPS) is 11.0. The Morgan fingerprint density at radius 2 is 1.95 bits per heavy atom. The fourth-order valence-electron chi connectivity index (χ4n) is 2.17. The van der Waals surface area contributed by atoms with Gasteiger partial charge in [0.1, 0.15) is 11.6 Å². The van der Waals surface area contributed by atoms with Crippen molar-refractivity contribution in [2.75, 3.05) is 5.32 Å². The molecule has 4 heteroatoms. The van der Waals surface area contributed by atoms with E-state index in [9.17, 15) is 4.79 Å². The van der Waals surface area contributed by atoms with Crippen LogP contribution in [-0.4, -0.2) is 10.5 Å². The van der Waals surface area contributed by atoms with Gasteiger partial charge < -0.3 is 9.88 Å². The molecule has 1 heterocycles. The summed E-state index contributed by atoms with van der Waals surface area (Å²) in [7, 11) is 1.89. The van der Waals surface area contributed by atoms with E-state index in [0.717, 1.165) is 16.7 Å². The van der Waals surface area contributed by atoms with Crippen molar-refractivity contribution in [3.05, 3.63) is 58.9 Å². The monoisotopic (exact) mass is 279 g/mol. The van der Waals surface area contributed by atoms with Crippen molar-refractivity contribution in [3.8, 4) is 6.07 Å². The molecule has 0 aliphatic heterocycles. The summed E-state index contributed by atoms with van der Waals surface area (Å²) in [5.41, 5.74) is 3.74. The number of rotatable bonds is 3. The predicted molar refractivity (Wildman–Crippen MR) is 83.5 cm³/mol. The van der Waals surface area contributed by atoms with Gasteiger partial charge in [0.15, 0.2) is 0 Å². The lowest BCUT2D eigenvalue weighted by Crippen LogP contribution is -2.13. The van der Waals surface area contributed by atoms with Gasteiger partial charge in [-0.05, 0) is 54.8 Å². The second kappa shape index (κ2) is 6.10. The summed E-state index contributed by atoms with van der Waals surface area (Å²) >= 11 is 0. The van der Waals surface area contributed by atoms with E-state index in [0.29, 0.717) is 5.69 Å². The van der Waals surface area contributed by atoms with Gasteiger partial charge in [-0.15, -0.1) is 0 Å². The van der Waals surface area contributed by atoms with Crippen LogP contribution in [0.25, 0.3) is 6.08 Å². The van der Waals surface area contributed by atoms with E-state index in [1.807, 2.05) is 68.2 Å². The summed E-state index contributed by atoms with van der Waals surface area (Å²) in [4.78, 5) is 12.2. The highest BCUT2D eigenvalue weighted by atomic mass is 16.1. The van der Waals surface area contributed by atoms with Crippen molar-refractivity contribution in [3.63, 3.8) is 0 Å². The van der Waals surface area contributed by atoms with Crippen LogP contribution in [0.1, 0.15) is 16.7 Å². The molecule has 0 radical (unpaired) electrons. The zero-order valence-electron chi connectivity index (χ0n) is 12.3. The summed E-state index contributed by atoms with van der Waals surface area (Å²) in [6, 6.07) is 9.58. The summed E-state index contributed by atoms with van der Waals surface area (Å²) in [5, 5.41) is 11.9. The smallest absolute Gasteiger partial charge is 0.266 e. The number of hydrogen-bond donors (Lipinski definition) is 1. The molecular weight excluding hydrogens is 262 g/mol. The Balaban J connectivity index is 2.21. The first-order chi connectivity index (χ1) is 9.97. The molecule has 21 heavy (non-hydrogen) atoms. The lowest BCUT2D eigenvalue weighted by Gasteiger charge is -2.06. The minimum atomic E-state index is -0.397. The number of carbonyl (C=O) groups is 1.